The topological polar surface area (TPSA) is 74.8 Å². The average Bonchev–Trinajstić information content (AvgIpc) is 3.31. The largest absolute Gasteiger partial charge is 0.351 e. The number of rotatable bonds is 4. The van der Waals surface area contributed by atoms with Crippen LogP contribution in [0.1, 0.15) is 40.0 Å². The number of aryl methyl sites for hydroxylation is 1. The van der Waals surface area contributed by atoms with E-state index in [1.54, 1.807) is 19.9 Å². The second kappa shape index (κ2) is 5.61. The van der Waals surface area contributed by atoms with Crippen LogP contribution in [0.25, 0.3) is 0 Å². The van der Waals surface area contributed by atoms with E-state index in [0.29, 0.717) is 17.8 Å². The van der Waals surface area contributed by atoms with Crippen LogP contribution in [0.3, 0.4) is 0 Å². The molecule has 3 rings (SSSR count). The van der Waals surface area contributed by atoms with Crippen molar-refractivity contribution in [2.75, 3.05) is 6.54 Å². The summed E-state index contributed by atoms with van der Waals surface area (Å²) in [7, 11) is 0. The first-order valence-corrected chi connectivity index (χ1v) is 7.53. The summed E-state index contributed by atoms with van der Waals surface area (Å²) in [6, 6.07) is 6.46. The van der Waals surface area contributed by atoms with Gasteiger partial charge in [0.1, 0.15) is 11.4 Å². The van der Waals surface area contributed by atoms with Gasteiger partial charge in [0.05, 0.1) is 5.69 Å². The van der Waals surface area contributed by atoms with Crippen molar-refractivity contribution in [3.8, 4) is 0 Å². The van der Waals surface area contributed by atoms with E-state index in [1.165, 1.54) is 12.1 Å². The van der Waals surface area contributed by atoms with Crippen LogP contribution in [0.5, 0.6) is 0 Å². The number of carbonyl (C=O) groups excluding carboxylic acids is 1. The van der Waals surface area contributed by atoms with E-state index in [9.17, 15) is 14.0 Å². The zero-order chi connectivity index (χ0) is 16.6. The van der Waals surface area contributed by atoms with E-state index in [-0.39, 0.29) is 16.8 Å². The Morgan fingerprint density at radius 3 is 2.78 bits per heavy atom. The van der Waals surface area contributed by atoms with Gasteiger partial charge < -0.3 is 5.32 Å². The van der Waals surface area contributed by atoms with Crippen LogP contribution < -0.4 is 10.9 Å². The van der Waals surface area contributed by atoms with Crippen molar-refractivity contribution < 1.29 is 9.18 Å². The van der Waals surface area contributed by atoms with Gasteiger partial charge in [0.25, 0.3) is 11.5 Å². The van der Waals surface area contributed by atoms with Gasteiger partial charge in [-0.2, -0.15) is 5.10 Å². The number of hydrogen-bond acceptors (Lipinski definition) is 3. The van der Waals surface area contributed by atoms with Crippen LogP contribution in [0.4, 0.5) is 4.39 Å². The number of benzene rings is 1. The Bertz CT molecular complexity index is 825. The minimum Gasteiger partial charge on any atom is -0.351 e. The molecular formula is C17H18FN3O2. The van der Waals surface area contributed by atoms with Crippen molar-refractivity contribution in [2.24, 2.45) is 0 Å². The van der Waals surface area contributed by atoms with Gasteiger partial charge in [-0.15, -0.1) is 0 Å². The predicted octanol–water partition coefficient (Wildman–Crippen LogP) is 1.99. The average molecular weight is 315 g/mol. The summed E-state index contributed by atoms with van der Waals surface area (Å²) < 4.78 is 13.4. The van der Waals surface area contributed by atoms with E-state index in [4.69, 9.17) is 0 Å². The zero-order valence-corrected chi connectivity index (χ0v) is 13.1. The number of carbonyl (C=O) groups is 1. The molecule has 2 aromatic rings. The maximum absolute atomic E-state index is 13.4. The fraction of sp³-hybridized carbons (Fsp3) is 0.353. The third kappa shape index (κ3) is 2.88. The number of hydrogen-bond donors (Lipinski definition) is 2. The summed E-state index contributed by atoms with van der Waals surface area (Å²) >= 11 is 0. The molecule has 1 amide bonds. The lowest BCUT2D eigenvalue weighted by Gasteiger charge is -2.17. The molecule has 1 heterocycles. The van der Waals surface area contributed by atoms with Gasteiger partial charge in [0.15, 0.2) is 0 Å². The molecule has 1 aliphatic rings. The molecule has 1 aromatic carbocycles. The van der Waals surface area contributed by atoms with Gasteiger partial charge in [-0.05, 0) is 49.9 Å². The van der Waals surface area contributed by atoms with Crippen LogP contribution in [0.15, 0.2) is 29.1 Å². The third-order valence-electron chi connectivity index (χ3n) is 4.57. The third-order valence-corrected chi connectivity index (χ3v) is 4.57. The standard InChI is InChI=1S/C17H18FN3O2/c1-10-11(2)20-21-16(23)14(10)15(22)19-9-17(6-7-17)12-4-3-5-13(18)8-12/h3-5,8H,6-7,9H2,1-2H3,(H,19,22)(H,21,23). The number of aromatic amines is 1. The minimum absolute atomic E-state index is 0.0903. The van der Waals surface area contributed by atoms with Crippen LogP contribution in [-0.2, 0) is 5.41 Å². The first-order valence-electron chi connectivity index (χ1n) is 7.53. The van der Waals surface area contributed by atoms with Crippen molar-refractivity contribution in [3.63, 3.8) is 0 Å². The number of nitrogens with one attached hydrogen (secondary N) is 2. The van der Waals surface area contributed by atoms with Crippen LogP contribution >= 0.6 is 0 Å². The highest BCUT2D eigenvalue weighted by atomic mass is 19.1. The fourth-order valence-electron chi connectivity index (χ4n) is 2.77. The molecule has 23 heavy (non-hydrogen) atoms. The summed E-state index contributed by atoms with van der Waals surface area (Å²) in [5.74, 6) is -0.700. The molecule has 0 atom stereocenters. The molecule has 0 radical (unpaired) electrons. The van der Waals surface area contributed by atoms with Crippen LogP contribution in [0, 0.1) is 19.7 Å². The molecule has 1 aliphatic carbocycles. The molecule has 6 heteroatoms. The number of nitrogens with zero attached hydrogens (tertiary/aromatic N) is 1. The summed E-state index contributed by atoms with van der Waals surface area (Å²) in [4.78, 5) is 24.2. The monoisotopic (exact) mass is 315 g/mol. The quantitative estimate of drug-likeness (QED) is 0.906. The Labute approximate surface area is 132 Å². The molecule has 1 saturated carbocycles. The van der Waals surface area contributed by atoms with E-state index in [1.807, 2.05) is 6.07 Å². The Balaban J connectivity index is 1.78. The molecule has 0 aliphatic heterocycles. The maximum Gasteiger partial charge on any atom is 0.277 e. The van der Waals surface area contributed by atoms with Gasteiger partial charge in [0.2, 0.25) is 0 Å². The fourth-order valence-corrected chi connectivity index (χ4v) is 2.77. The predicted molar refractivity (Wildman–Crippen MR) is 84.0 cm³/mol. The lowest BCUT2D eigenvalue weighted by atomic mass is 9.95. The molecule has 1 fully saturated rings. The minimum atomic E-state index is -0.499. The first kappa shape index (κ1) is 15.4. The molecule has 0 spiro atoms. The van der Waals surface area contributed by atoms with Gasteiger partial charge in [-0.3, -0.25) is 9.59 Å². The molecule has 2 N–H and O–H groups in total. The number of halogens is 1. The van der Waals surface area contributed by atoms with E-state index in [2.05, 4.69) is 15.5 Å². The lowest BCUT2D eigenvalue weighted by Crippen LogP contribution is -2.36. The molecule has 0 saturated heterocycles. The highest BCUT2D eigenvalue weighted by molar-refractivity contribution is 5.95. The zero-order valence-electron chi connectivity index (χ0n) is 13.1. The van der Waals surface area contributed by atoms with Crippen molar-refractivity contribution in [1.82, 2.24) is 15.5 Å². The van der Waals surface area contributed by atoms with Gasteiger partial charge in [-0.1, -0.05) is 12.1 Å². The number of H-pyrrole nitrogens is 1. The molecule has 5 nitrogen and oxygen atoms in total. The van der Waals surface area contributed by atoms with Crippen molar-refractivity contribution >= 4 is 5.91 Å². The van der Waals surface area contributed by atoms with Crippen LogP contribution in [-0.4, -0.2) is 22.6 Å². The summed E-state index contributed by atoms with van der Waals surface area (Å²) in [6.45, 7) is 3.82. The summed E-state index contributed by atoms with van der Waals surface area (Å²) in [5.41, 5.74) is 1.44. The van der Waals surface area contributed by atoms with Gasteiger partial charge in [-0.25, -0.2) is 9.49 Å². The maximum atomic E-state index is 13.4. The highest BCUT2D eigenvalue weighted by Crippen LogP contribution is 2.47. The molecular weight excluding hydrogens is 297 g/mol. The Morgan fingerprint density at radius 2 is 2.13 bits per heavy atom. The van der Waals surface area contributed by atoms with Crippen molar-refractivity contribution in [3.05, 3.63) is 62.8 Å². The lowest BCUT2D eigenvalue weighted by molar-refractivity contribution is 0.0947. The van der Waals surface area contributed by atoms with E-state index < -0.39 is 11.5 Å². The molecule has 0 unspecified atom stereocenters. The number of aromatic nitrogens is 2. The number of amides is 1. The molecule has 120 valence electrons. The Kier molecular flexibility index (Phi) is 3.75. The SMILES string of the molecule is Cc1n[nH]c(=O)c(C(=O)NCC2(c3cccc(F)c3)CC2)c1C. The van der Waals surface area contributed by atoms with Gasteiger partial charge in [0, 0.05) is 12.0 Å². The first-order chi connectivity index (χ1) is 10.9. The highest BCUT2D eigenvalue weighted by Gasteiger charge is 2.44. The van der Waals surface area contributed by atoms with Crippen molar-refractivity contribution in [2.45, 2.75) is 32.1 Å². The van der Waals surface area contributed by atoms with E-state index in [0.717, 1.165) is 18.4 Å². The normalized spacial score (nSPS) is 15.3. The summed E-state index contributed by atoms with van der Waals surface area (Å²) in [5, 5.41) is 8.99. The Hall–Kier alpha value is -2.50. The second-order valence-corrected chi connectivity index (χ2v) is 6.11. The van der Waals surface area contributed by atoms with Gasteiger partial charge >= 0.3 is 0 Å². The molecule has 0 bridgehead atoms. The van der Waals surface area contributed by atoms with E-state index >= 15 is 0 Å². The van der Waals surface area contributed by atoms with Crippen molar-refractivity contribution in [1.29, 1.82) is 0 Å². The Morgan fingerprint density at radius 1 is 1.39 bits per heavy atom. The second-order valence-electron chi connectivity index (χ2n) is 6.11. The molecule has 1 aromatic heterocycles. The smallest absolute Gasteiger partial charge is 0.277 e. The van der Waals surface area contributed by atoms with Crippen LogP contribution in [0.2, 0.25) is 0 Å². The summed E-state index contributed by atoms with van der Waals surface area (Å²) in [6.07, 6.45) is 1.78.